The predicted molar refractivity (Wildman–Crippen MR) is 64.3 cm³/mol. The molecule has 0 aliphatic rings. The maximum Gasteiger partial charge on any atom is 0.124 e. The molecule has 0 radical (unpaired) electrons. The first-order valence-electron chi connectivity index (χ1n) is 4.82. The van der Waals surface area contributed by atoms with E-state index in [9.17, 15) is 0 Å². The lowest BCUT2D eigenvalue weighted by Crippen LogP contribution is -2.14. The van der Waals surface area contributed by atoms with Crippen LogP contribution in [0.1, 0.15) is 5.56 Å². The molecule has 0 aliphatic heterocycles. The number of nitrogens with one attached hydrogen (secondary N) is 1. The highest BCUT2D eigenvalue weighted by atomic mass is 79.9. The monoisotopic (exact) mass is 273 g/mol. The number of methoxy groups -OCH3 is 1. The van der Waals surface area contributed by atoms with E-state index in [1.807, 2.05) is 25.2 Å². The number of ether oxygens (including phenoxy) is 2. The summed E-state index contributed by atoms with van der Waals surface area (Å²) in [6, 6.07) is 5.90. The molecule has 3 nitrogen and oxygen atoms in total. The fraction of sp³-hybridized carbons (Fsp3) is 0.455. The van der Waals surface area contributed by atoms with Gasteiger partial charge in [0.15, 0.2) is 0 Å². The van der Waals surface area contributed by atoms with Crippen molar-refractivity contribution in [3.63, 3.8) is 0 Å². The Kier molecular flexibility index (Phi) is 5.68. The fourth-order valence-corrected chi connectivity index (χ4v) is 1.62. The summed E-state index contributed by atoms with van der Waals surface area (Å²) in [5.74, 6) is 0.864. The Bertz CT molecular complexity index is 305. The van der Waals surface area contributed by atoms with Crippen LogP contribution in [-0.4, -0.2) is 27.3 Å². The van der Waals surface area contributed by atoms with Gasteiger partial charge in [-0.1, -0.05) is 15.9 Å². The maximum absolute atomic E-state index is 5.49. The van der Waals surface area contributed by atoms with Crippen molar-refractivity contribution >= 4 is 15.9 Å². The van der Waals surface area contributed by atoms with E-state index < -0.39 is 0 Å². The van der Waals surface area contributed by atoms with Gasteiger partial charge in [-0.05, 0) is 25.2 Å². The molecular weight excluding hydrogens is 258 g/mol. The Labute approximate surface area is 98.9 Å². The number of likely N-dealkylation sites (N-methyl/N-ethyl adjacent to an activating group) is 1. The zero-order valence-corrected chi connectivity index (χ0v) is 10.6. The van der Waals surface area contributed by atoms with Crippen LogP contribution in [0.25, 0.3) is 0 Å². The van der Waals surface area contributed by atoms with Gasteiger partial charge in [0, 0.05) is 16.6 Å². The predicted octanol–water partition coefficient (Wildman–Crippen LogP) is 2.19. The molecule has 0 atom stereocenters. The van der Waals surface area contributed by atoms with Crippen molar-refractivity contribution in [2.45, 2.75) is 6.61 Å². The van der Waals surface area contributed by atoms with Crippen molar-refractivity contribution in [2.75, 3.05) is 27.3 Å². The Morgan fingerprint density at radius 1 is 1.40 bits per heavy atom. The van der Waals surface area contributed by atoms with E-state index in [2.05, 4.69) is 21.2 Å². The Morgan fingerprint density at radius 3 is 2.87 bits per heavy atom. The van der Waals surface area contributed by atoms with Gasteiger partial charge in [0.25, 0.3) is 0 Å². The molecule has 0 unspecified atom stereocenters. The van der Waals surface area contributed by atoms with Gasteiger partial charge in [-0.25, -0.2) is 0 Å². The second-order valence-corrected chi connectivity index (χ2v) is 4.03. The molecule has 0 spiro atoms. The number of benzene rings is 1. The van der Waals surface area contributed by atoms with Gasteiger partial charge in [0.05, 0.1) is 20.3 Å². The first-order valence-corrected chi connectivity index (χ1v) is 5.62. The summed E-state index contributed by atoms with van der Waals surface area (Å²) >= 11 is 3.42. The molecule has 0 amide bonds. The SMILES string of the molecule is CNCCOCc1cc(Br)ccc1OC. The molecule has 84 valence electrons. The van der Waals surface area contributed by atoms with Crippen LogP contribution in [0.5, 0.6) is 5.75 Å². The second-order valence-electron chi connectivity index (χ2n) is 3.11. The highest BCUT2D eigenvalue weighted by Gasteiger charge is 2.03. The molecular formula is C11H16BrNO2. The molecule has 4 heteroatoms. The van der Waals surface area contributed by atoms with Crippen molar-refractivity contribution in [3.05, 3.63) is 28.2 Å². The summed E-state index contributed by atoms with van der Waals surface area (Å²) in [7, 11) is 3.57. The van der Waals surface area contributed by atoms with Crippen molar-refractivity contribution in [3.8, 4) is 5.75 Å². The number of hydrogen-bond acceptors (Lipinski definition) is 3. The summed E-state index contributed by atoms with van der Waals surface area (Å²) in [5.41, 5.74) is 1.06. The van der Waals surface area contributed by atoms with Crippen LogP contribution in [0.3, 0.4) is 0 Å². The van der Waals surface area contributed by atoms with Crippen LogP contribution in [-0.2, 0) is 11.3 Å². The van der Waals surface area contributed by atoms with Crippen molar-refractivity contribution in [1.82, 2.24) is 5.32 Å². The maximum atomic E-state index is 5.49. The van der Waals surface area contributed by atoms with Crippen LogP contribution in [0.2, 0.25) is 0 Å². The molecule has 1 aromatic rings. The third kappa shape index (κ3) is 4.20. The Hall–Kier alpha value is -0.580. The van der Waals surface area contributed by atoms with E-state index in [4.69, 9.17) is 9.47 Å². The third-order valence-electron chi connectivity index (χ3n) is 2.00. The molecule has 0 aromatic heterocycles. The molecule has 1 rings (SSSR count). The van der Waals surface area contributed by atoms with Crippen LogP contribution in [0, 0.1) is 0 Å². The second kappa shape index (κ2) is 6.82. The summed E-state index contributed by atoms with van der Waals surface area (Å²) in [6.07, 6.45) is 0. The van der Waals surface area contributed by atoms with Gasteiger partial charge >= 0.3 is 0 Å². The lowest BCUT2D eigenvalue weighted by Gasteiger charge is -2.09. The standard InChI is InChI=1S/C11H16BrNO2/c1-13-5-6-15-8-9-7-10(12)3-4-11(9)14-2/h3-4,7,13H,5-6,8H2,1-2H3. The highest BCUT2D eigenvalue weighted by molar-refractivity contribution is 9.10. The molecule has 0 saturated heterocycles. The van der Waals surface area contributed by atoms with Gasteiger partial charge < -0.3 is 14.8 Å². The average molecular weight is 274 g/mol. The van der Waals surface area contributed by atoms with Gasteiger partial charge in [-0.15, -0.1) is 0 Å². The molecule has 1 N–H and O–H groups in total. The first-order chi connectivity index (χ1) is 7.27. The van der Waals surface area contributed by atoms with E-state index >= 15 is 0 Å². The normalized spacial score (nSPS) is 10.3. The van der Waals surface area contributed by atoms with E-state index in [-0.39, 0.29) is 0 Å². The lowest BCUT2D eigenvalue weighted by molar-refractivity contribution is 0.122. The van der Waals surface area contributed by atoms with Gasteiger partial charge in [-0.3, -0.25) is 0 Å². The topological polar surface area (TPSA) is 30.5 Å². The largest absolute Gasteiger partial charge is 0.496 e. The van der Waals surface area contributed by atoms with Gasteiger partial charge in [0.2, 0.25) is 0 Å². The fourth-order valence-electron chi connectivity index (χ4n) is 1.22. The van der Waals surface area contributed by atoms with Crippen molar-refractivity contribution in [1.29, 1.82) is 0 Å². The zero-order chi connectivity index (χ0) is 11.1. The van der Waals surface area contributed by atoms with E-state index in [0.29, 0.717) is 13.2 Å². The Morgan fingerprint density at radius 2 is 2.20 bits per heavy atom. The molecule has 0 fully saturated rings. The van der Waals surface area contributed by atoms with Crippen molar-refractivity contribution < 1.29 is 9.47 Å². The quantitative estimate of drug-likeness (QED) is 0.807. The minimum absolute atomic E-state index is 0.574. The van der Waals surface area contributed by atoms with Gasteiger partial charge in [0.1, 0.15) is 5.75 Å². The molecule has 0 saturated carbocycles. The Balaban J connectivity index is 2.54. The molecule has 15 heavy (non-hydrogen) atoms. The van der Waals surface area contributed by atoms with E-state index in [1.165, 1.54) is 0 Å². The number of hydrogen-bond donors (Lipinski definition) is 1. The summed E-state index contributed by atoms with van der Waals surface area (Å²) in [4.78, 5) is 0. The lowest BCUT2D eigenvalue weighted by atomic mass is 10.2. The first kappa shape index (κ1) is 12.5. The molecule has 0 heterocycles. The third-order valence-corrected chi connectivity index (χ3v) is 2.49. The summed E-state index contributed by atoms with van der Waals surface area (Å²) in [6.45, 7) is 2.13. The van der Waals surface area contributed by atoms with E-state index in [1.54, 1.807) is 7.11 Å². The van der Waals surface area contributed by atoms with Crippen LogP contribution < -0.4 is 10.1 Å². The number of rotatable bonds is 6. The highest BCUT2D eigenvalue weighted by Crippen LogP contribution is 2.23. The van der Waals surface area contributed by atoms with Crippen molar-refractivity contribution in [2.24, 2.45) is 0 Å². The van der Waals surface area contributed by atoms with Crippen LogP contribution in [0.15, 0.2) is 22.7 Å². The summed E-state index contributed by atoms with van der Waals surface area (Å²) in [5, 5.41) is 3.03. The molecule has 1 aromatic carbocycles. The van der Waals surface area contributed by atoms with Crippen LogP contribution >= 0.6 is 15.9 Å². The minimum Gasteiger partial charge on any atom is -0.496 e. The molecule has 0 aliphatic carbocycles. The van der Waals surface area contributed by atoms with Gasteiger partial charge in [-0.2, -0.15) is 0 Å². The van der Waals surface area contributed by atoms with E-state index in [0.717, 1.165) is 22.3 Å². The van der Waals surface area contributed by atoms with Crippen LogP contribution in [0.4, 0.5) is 0 Å². The minimum atomic E-state index is 0.574. The number of halogens is 1. The molecule has 0 bridgehead atoms. The summed E-state index contributed by atoms with van der Waals surface area (Å²) < 4.78 is 11.8. The zero-order valence-electron chi connectivity index (χ0n) is 9.05. The average Bonchev–Trinajstić information content (AvgIpc) is 2.25. The smallest absolute Gasteiger partial charge is 0.124 e.